The molecule has 6 heteroatoms. The summed E-state index contributed by atoms with van der Waals surface area (Å²) < 4.78 is 5.21. The van der Waals surface area contributed by atoms with Crippen LogP contribution in [0.5, 0.6) is 0 Å². The quantitative estimate of drug-likeness (QED) is 0.806. The van der Waals surface area contributed by atoms with Gasteiger partial charge in [-0.25, -0.2) is 0 Å². The minimum absolute atomic E-state index is 0.107. The number of hydrogen-bond donors (Lipinski definition) is 1. The van der Waals surface area contributed by atoms with Crippen molar-refractivity contribution in [2.45, 2.75) is 39.7 Å². The molecule has 0 bridgehead atoms. The molecule has 1 heterocycles. The second kappa shape index (κ2) is 7.95. The maximum absolute atomic E-state index is 12.2. The fourth-order valence-corrected chi connectivity index (χ4v) is 2.56. The Labute approximate surface area is 142 Å². The van der Waals surface area contributed by atoms with Gasteiger partial charge in [-0.3, -0.25) is 14.4 Å². The Morgan fingerprint density at radius 1 is 1.33 bits per heavy atom. The van der Waals surface area contributed by atoms with Gasteiger partial charge < -0.3 is 15.0 Å². The molecule has 1 N–H and O–H groups in total. The number of aryl methyl sites for hydroxylation is 1. The number of amides is 2. The van der Waals surface area contributed by atoms with Gasteiger partial charge in [-0.15, -0.1) is 0 Å². The minimum Gasteiger partial charge on any atom is -0.452 e. The molecule has 1 aromatic carbocycles. The van der Waals surface area contributed by atoms with Crippen LogP contribution in [0.2, 0.25) is 0 Å². The van der Waals surface area contributed by atoms with E-state index in [1.54, 1.807) is 4.90 Å². The summed E-state index contributed by atoms with van der Waals surface area (Å²) >= 11 is 0. The lowest BCUT2D eigenvalue weighted by atomic mass is 10.1. The van der Waals surface area contributed by atoms with Crippen LogP contribution in [0.1, 0.15) is 32.3 Å². The zero-order valence-corrected chi connectivity index (χ0v) is 14.4. The van der Waals surface area contributed by atoms with E-state index in [-0.39, 0.29) is 24.8 Å². The van der Waals surface area contributed by atoms with Crippen LogP contribution in [0.15, 0.2) is 24.3 Å². The summed E-state index contributed by atoms with van der Waals surface area (Å²) in [6, 6.07) is 7.58. The number of rotatable bonds is 6. The molecule has 0 spiro atoms. The van der Waals surface area contributed by atoms with Gasteiger partial charge in [0.05, 0.1) is 5.92 Å². The van der Waals surface area contributed by atoms with Crippen LogP contribution in [-0.4, -0.2) is 37.0 Å². The first-order valence-electron chi connectivity index (χ1n) is 8.27. The molecule has 1 aliphatic rings. The predicted octanol–water partition coefficient (Wildman–Crippen LogP) is 1.81. The van der Waals surface area contributed by atoms with Crippen LogP contribution in [0.25, 0.3) is 0 Å². The van der Waals surface area contributed by atoms with E-state index in [0.29, 0.717) is 6.54 Å². The lowest BCUT2D eigenvalue weighted by Crippen LogP contribution is -2.37. The molecule has 1 saturated heterocycles. The Hall–Kier alpha value is -2.37. The van der Waals surface area contributed by atoms with Crippen molar-refractivity contribution < 1.29 is 19.1 Å². The highest BCUT2D eigenvalue weighted by molar-refractivity contribution is 5.99. The minimum atomic E-state index is -0.854. The van der Waals surface area contributed by atoms with Gasteiger partial charge in [0.15, 0.2) is 6.10 Å². The van der Waals surface area contributed by atoms with E-state index in [9.17, 15) is 14.4 Å². The topological polar surface area (TPSA) is 75.7 Å². The van der Waals surface area contributed by atoms with Gasteiger partial charge in [0.25, 0.3) is 5.91 Å². The lowest BCUT2D eigenvalue weighted by Gasteiger charge is -2.18. The Morgan fingerprint density at radius 3 is 2.62 bits per heavy atom. The molecular weight excluding hydrogens is 308 g/mol. The maximum Gasteiger partial charge on any atom is 0.312 e. The first kappa shape index (κ1) is 18.0. The molecule has 2 unspecified atom stereocenters. The summed E-state index contributed by atoms with van der Waals surface area (Å²) in [4.78, 5) is 37.8. The molecule has 0 saturated carbocycles. The number of hydrogen-bond acceptors (Lipinski definition) is 4. The van der Waals surface area contributed by atoms with Crippen molar-refractivity contribution in [2.24, 2.45) is 5.92 Å². The molecule has 24 heavy (non-hydrogen) atoms. The van der Waals surface area contributed by atoms with Crippen LogP contribution in [0.4, 0.5) is 5.69 Å². The second-order valence-corrected chi connectivity index (χ2v) is 6.11. The summed E-state index contributed by atoms with van der Waals surface area (Å²) in [5.74, 6) is -1.47. The number of carbonyl (C=O) groups excluding carboxylic acids is 3. The van der Waals surface area contributed by atoms with Crippen LogP contribution in [-0.2, 0) is 19.1 Å². The van der Waals surface area contributed by atoms with Crippen molar-refractivity contribution >= 4 is 23.5 Å². The van der Waals surface area contributed by atoms with Crippen molar-refractivity contribution in [1.29, 1.82) is 0 Å². The molecular formula is C18H24N2O4. The highest BCUT2D eigenvalue weighted by Crippen LogP contribution is 2.26. The highest BCUT2D eigenvalue weighted by Gasteiger charge is 2.37. The number of nitrogens with one attached hydrogen (secondary N) is 1. The lowest BCUT2D eigenvalue weighted by molar-refractivity contribution is -0.158. The predicted molar refractivity (Wildman–Crippen MR) is 90.5 cm³/mol. The molecule has 2 amide bonds. The molecule has 1 aromatic rings. The monoisotopic (exact) mass is 332 g/mol. The molecule has 1 aliphatic heterocycles. The van der Waals surface area contributed by atoms with Crippen molar-refractivity contribution in [3.8, 4) is 0 Å². The molecule has 2 atom stereocenters. The number of esters is 1. The summed E-state index contributed by atoms with van der Waals surface area (Å²) in [6.07, 6.45) is 0.0676. The highest BCUT2D eigenvalue weighted by atomic mass is 16.5. The van der Waals surface area contributed by atoms with E-state index in [0.717, 1.165) is 17.7 Å². The van der Waals surface area contributed by atoms with E-state index >= 15 is 0 Å². The first-order chi connectivity index (χ1) is 11.4. The zero-order chi connectivity index (χ0) is 17.7. The van der Waals surface area contributed by atoms with Crippen molar-refractivity contribution in [3.63, 3.8) is 0 Å². The third-order valence-electron chi connectivity index (χ3n) is 4.02. The number of benzene rings is 1. The summed E-state index contributed by atoms with van der Waals surface area (Å²) in [5.41, 5.74) is 1.88. The fourth-order valence-electron chi connectivity index (χ4n) is 2.56. The van der Waals surface area contributed by atoms with E-state index in [1.165, 1.54) is 6.92 Å². The van der Waals surface area contributed by atoms with E-state index in [4.69, 9.17) is 4.74 Å². The van der Waals surface area contributed by atoms with E-state index in [2.05, 4.69) is 5.32 Å². The molecule has 0 radical (unpaired) electrons. The number of nitrogens with zero attached hydrogens (tertiary/aromatic N) is 1. The Balaban J connectivity index is 1.93. The molecule has 130 valence electrons. The smallest absolute Gasteiger partial charge is 0.312 e. The van der Waals surface area contributed by atoms with E-state index < -0.39 is 18.0 Å². The van der Waals surface area contributed by atoms with Gasteiger partial charge in [-0.05, 0) is 32.4 Å². The van der Waals surface area contributed by atoms with Crippen molar-refractivity contribution in [1.82, 2.24) is 5.32 Å². The van der Waals surface area contributed by atoms with E-state index in [1.807, 2.05) is 38.1 Å². The summed E-state index contributed by atoms with van der Waals surface area (Å²) in [6.45, 7) is 6.28. The standard InChI is InChI=1S/C18H24N2O4/c1-4-9-19-17(22)13(3)24-18(23)14-10-16(21)20(11-14)15-7-5-12(2)6-8-15/h5-8,13-14H,4,9-11H2,1-3H3,(H,19,22). The number of carbonyl (C=O) groups is 3. The zero-order valence-electron chi connectivity index (χ0n) is 14.4. The molecule has 0 aliphatic carbocycles. The Morgan fingerprint density at radius 2 is 2.00 bits per heavy atom. The van der Waals surface area contributed by atoms with Crippen LogP contribution in [0.3, 0.4) is 0 Å². The molecule has 1 fully saturated rings. The van der Waals surface area contributed by atoms with Crippen LogP contribution < -0.4 is 10.2 Å². The van der Waals surface area contributed by atoms with Gasteiger partial charge in [0.2, 0.25) is 5.91 Å². The SMILES string of the molecule is CCCNC(=O)C(C)OC(=O)C1CC(=O)N(c2ccc(C)cc2)C1. The Bertz CT molecular complexity index is 612. The number of anilines is 1. The Kier molecular flexibility index (Phi) is 5.95. The average molecular weight is 332 g/mol. The largest absolute Gasteiger partial charge is 0.452 e. The van der Waals surface area contributed by atoms with Gasteiger partial charge in [0.1, 0.15) is 0 Å². The molecule has 6 nitrogen and oxygen atoms in total. The van der Waals surface area contributed by atoms with Crippen molar-refractivity contribution in [2.75, 3.05) is 18.0 Å². The first-order valence-corrected chi connectivity index (χ1v) is 8.27. The molecule has 0 aromatic heterocycles. The van der Waals surface area contributed by atoms with Crippen molar-refractivity contribution in [3.05, 3.63) is 29.8 Å². The normalized spacial score (nSPS) is 18.4. The summed E-state index contributed by atoms with van der Waals surface area (Å²) in [7, 11) is 0. The second-order valence-electron chi connectivity index (χ2n) is 6.11. The van der Waals surface area contributed by atoms with Crippen LogP contribution in [0, 0.1) is 12.8 Å². The van der Waals surface area contributed by atoms with Gasteiger partial charge in [-0.2, -0.15) is 0 Å². The van der Waals surface area contributed by atoms with Gasteiger partial charge >= 0.3 is 5.97 Å². The average Bonchev–Trinajstić information content (AvgIpc) is 2.95. The third-order valence-corrected chi connectivity index (χ3v) is 4.02. The van der Waals surface area contributed by atoms with Gasteiger partial charge in [0, 0.05) is 25.2 Å². The van der Waals surface area contributed by atoms with Crippen LogP contribution >= 0.6 is 0 Å². The molecule has 2 rings (SSSR count). The number of ether oxygens (including phenoxy) is 1. The third kappa shape index (κ3) is 4.34. The maximum atomic E-state index is 12.2. The van der Waals surface area contributed by atoms with Gasteiger partial charge in [-0.1, -0.05) is 24.6 Å². The fraction of sp³-hybridized carbons (Fsp3) is 0.500. The summed E-state index contributed by atoms with van der Waals surface area (Å²) in [5, 5.41) is 2.68.